The van der Waals surface area contributed by atoms with Gasteiger partial charge in [-0.3, -0.25) is 9.59 Å². The topological polar surface area (TPSA) is 88.5 Å². The van der Waals surface area contributed by atoms with Gasteiger partial charge in [0, 0.05) is 18.8 Å². The number of aromatic nitrogens is 1. The van der Waals surface area contributed by atoms with E-state index in [4.69, 9.17) is 0 Å². The SMILES string of the molecule is CC(CNC(=O)c1ccc(OCC(F)(F)F)nc1)(C(=O)O)c1ccccc1. The van der Waals surface area contributed by atoms with Crippen molar-refractivity contribution in [1.29, 1.82) is 0 Å². The van der Waals surface area contributed by atoms with Crippen molar-refractivity contribution in [3.63, 3.8) is 0 Å². The number of nitrogens with one attached hydrogen (secondary N) is 1. The average Bonchev–Trinajstić information content (AvgIpc) is 2.64. The Morgan fingerprint density at radius 2 is 1.81 bits per heavy atom. The number of nitrogens with zero attached hydrogens (tertiary/aromatic N) is 1. The van der Waals surface area contributed by atoms with E-state index in [2.05, 4.69) is 15.0 Å². The van der Waals surface area contributed by atoms with E-state index >= 15 is 0 Å². The number of carbonyl (C=O) groups is 2. The van der Waals surface area contributed by atoms with Crippen molar-refractivity contribution in [3.8, 4) is 5.88 Å². The second-order valence-electron chi connectivity index (χ2n) is 5.97. The molecule has 0 saturated heterocycles. The van der Waals surface area contributed by atoms with Crippen molar-refractivity contribution >= 4 is 11.9 Å². The van der Waals surface area contributed by atoms with Gasteiger partial charge in [0.1, 0.15) is 5.41 Å². The van der Waals surface area contributed by atoms with Crippen molar-refractivity contribution in [2.75, 3.05) is 13.2 Å². The fourth-order valence-corrected chi connectivity index (χ4v) is 2.22. The third kappa shape index (κ3) is 5.44. The summed E-state index contributed by atoms with van der Waals surface area (Å²) in [6.45, 7) is -0.186. The minimum absolute atomic E-state index is 0.0650. The van der Waals surface area contributed by atoms with Crippen LogP contribution in [0.5, 0.6) is 5.88 Å². The molecule has 0 radical (unpaired) electrons. The summed E-state index contributed by atoms with van der Waals surface area (Å²) in [5, 5.41) is 12.1. The normalized spacial score (nSPS) is 13.5. The van der Waals surface area contributed by atoms with Crippen LogP contribution >= 0.6 is 0 Å². The van der Waals surface area contributed by atoms with Crippen LogP contribution in [0.15, 0.2) is 48.7 Å². The molecule has 144 valence electrons. The molecule has 9 heteroatoms. The Morgan fingerprint density at radius 1 is 1.15 bits per heavy atom. The van der Waals surface area contributed by atoms with Gasteiger partial charge >= 0.3 is 12.1 Å². The monoisotopic (exact) mass is 382 g/mol. The molecule has 0 aliphatic rings. The van der Waals surface area contributed by atoms with Crippen molar-refractivity contribution < 1.29 is 32.6 Å². The van der Waals surface area contributed by atoms with Gasteiger partial charge in [0.15, 0.2) is 6.61 Å². The fraction of sp³-hybridized carbons (Fsp3) is 0.278. The van der Waals surface area contributed by atoms with Crippen LogP contribution in [0.25, 0.3) is 0 Å². The molecule has 0 saturated carbocycles. The van der Waals surface area contributed by atoms with Gasteiger partial charge in [0.25, 0.3) is 5.91 Å². The lowest BCUT2D eigenvalue weighted by atomic mass is 9.82. The molecule has 1 unspecified atom stereocenters. The molecule has 2 rings (SSSR count). The van der Waals surface area contributed by atoms with Gasteiger partial charge in [-0.15, -0.1) is 0 Å². The third-order valence-electron chi connectivity index (χ3n) is 3.87. The molecule has 1 aromatic heterocycles. The van der Waals surface area contributed by atoms with Crippen LogP contribution in [-0.4, -0.2) is 41.3 Å². The lowest BCUT2D eigenvalue weighted by Crippen LogP contribution is -2.44. The molecule has 0 spiro atoms. The second kappa shape index (κ2) is 8.07. The van der Waals surface area contributed by atoms with E-state index in [9.17, 15) is 27.9 Å². The number of carboxylic acid groups (broad SMARTS) is 1. The third-order valence-corrected chi connectivity index (χ3v) is 3.87. The Balaban J connectivity index is 2.03. The second-order valence-corrected chi connectivity index (χ2v) is 5.97. The summed E-state index contributed by atoms with van der Waals surface area (Å²) in [7, 11) is 0. The molecule has 1 heterocycles. The molecule has 0 aliphatic carbocycles. The predicted molar refractivity (Wildman–Crippen MR) is 89.6 cm³/mol. The van der Waals surface area contributed by atoms with Crippen LogP contribution in [0.1, 0.15) is 22.8 Å². The molecule has 2 aromatic rings. The zero-order valence-electron chi connectivity index (χ0n) is 14.3. The van der Waals surface area contributed by atoms with Crippen LogP contribution in [0.2, 0.25) is 0 Å². The number of carboxylic acids is 1. The quantitative estimate of drug-likeness (QED) is 0.769. The van der Waals surface area contributed by atoms with Gasteiger partial charge < -0.3 is 15.2 Å². The number of aliphatic carboxylic acids is 1. The fourth-order valence-electron chi connectivity index (χ4n) is 2.22. The molecule has 0 bridgehead atoms. The predicted octanol–water partition coefficient (Wildman–Crippen LogP) is 2.80. The summed E-state index contributed by atoms with van der Waals surface area (Å²) in [6.07, 6.45) is -3.43. The molecule has 6 nitrogen and oxygen atoms in total. The molecule has 1 aromatic carbocycles. The van der Waals surface area contributed by atoms with Crippen molar-refractivity contribution in [2.45, 2.75) is 18.5 Å². The number of hydrogen-bond acceptors (Lipinski definition) is 4. The van der Waals surface area contributed by atoms with E-state index in [0.29, 0.717) is 5.56 Å². The summed E-state index contributed by atoms with van der Waals surface area (Å²) in [5.41, 5.74) is -0.762. The van der Waals surface area contributed by atoms with Crippen LogP contribution in [0.3, 0.4) is 0 Å². The number of alkyl halides is 3. The number of pyridine rings is 1. The summed E-state index contributed by atoms with van der Waals surface area (Å²) in [6, 6.07) is 10.8. The van der Waals surface area contributed by atoms with E-state index in [-0.39, 0.29) is 18.0 Å². The van der Waals surface area contributed by atoms with Gasteiger partial charge in [-0.1, -0.05) is 30.3 Å². The maximum atomic E-state index is 12.2. The van der Waals surface area contributed by atoms with Crippen LogP contribution < -0.4 is 10.1 Å². The van der Waals surface area contributed by atoms with E-state index < -0.39 is 30.1 Å². The van der Waals surface area contributed by atoms with Crippen LogP contribution in [0, 0.1) is 0 Å². The average molecular weight is 382 g/mol. The van der Waals surface area contributed by atoms with Gasteiger partial charge in [0.2, 0.25) is 5.88 Å². The number of ether oxygens (including phenoxy) is 1. The standard InChI is InChI=1S/C18H17F3N2O4/c1-17(16(25)26,13-5-3-2-4-6-13)10-23-15(24)12-7-8-14(22-9-12)27-11-18(19,20)21/h2-9H,10-11H2,1H3,(H,23,24)(H,25,26). The molecule has 1 amide bonds. The van der Waals surface area contributed by atoms with Crippen molar-refractivity contribution in [1.82, 2.24) is 10.3 Å². The summed E-state index contributed by atoms with van der Waals surface area (Å²) in [5.74, 6) is -1.99. The van der Waals surface area contributed by atoms with E-state index in [1.165, 1.54) is 13.0 Å². The smallest absolute Gasteiger partial charge is 0.422 e. The highest BCUT2D eigenvalue weighted by Gasteiger charge is 2.35. The number of amides is 1. The maximum Gasteiger partial charge on any atom is 0.422 e. The van der Waals surface area contributed by atoms with Gasteiger partial charge in [0.05, 0.1) is 5.56 Å². The first kappa shape index (κ1) is 20.2. The van der Waals surface area contributed by atoms with Crippen molar-refractivity contribution in [2.24, 2.45) is 0 Å². The number of hydrogen-bond donors (Lipinski definition) is 2. The summed E-state index contributed by atoms with van der Waals surface area (Å²) < 4.78 is 40.8. The molecular formula is C18H17F3N2O4. The summed E-state index contributed by atoms with van der Waals surface area (Å²) >= 11 is 0. The largest absolute Gasteiger partial charge is 0.481 e. The lowest BCUT2D eigenvalue weighted by Gasteiger charge is -2.25. The maximum absolute atomic E-state index is 12.2. The molecular weight excluding hydrogens is 365 g/mol. The van der Waals surface area contributed by atoms with Crippen LogP contribution in [-0.2, 0) is 10.2 Å². The molecule has 0 aliphatic heterocycles. The Labute approximate surface area is 153 Å². The molecule has 2 N–H and O–H groups in total. The molecule has 1 atom stereocenters. The summed E-state index contributed by atoms with van der Waals surface area (Å²) in [4.78, 5) is 27.5. The number of carbonyl (C=O) groups excluding carboxylic acids is 1. The highest BCUT2D eigenvalue weighted by atomic mass is 19.4. The minimum atomic E-state index is -4.49. The lowest BCUT2D eigenvalue weighted by molar-refractivity contribution is -0.154. The van der Waals surface area contributed by atoms with Crippen molar-refractivity contribution in [3.05, 3.63) is 59.8 Å². The first-order valence-corrected chi connectivity index (χ1v) is 7.84. The van der Waals surface area contributed by atoms with Gasteiger partial charge in [-0.2, -0.15) is 13.2 Å². The number of rotatable bonds is 7. The first-order valence-electron chi connectivity index (χ1n) is 7.84. The Kier molecular flexibility index (Phi) is 6.04. The Morgan fingerprint density at radius 3 is 2.33 bits per heavy atom. The number of benzene rings is 1. The van der Waals surface area contributed by atoms with E-state index in [1.807, 2.05) is 0 Å². The van der Waals surface area contributed by atoms with Gasteiger partial charge in [-0.25, -0.2) is 4.98 Å². The van der Waals surface area contributed by atoms with Crippen LogP contribution in [0.4, 0.5) is 13.2 Å². The zero-order valence-corrected chi connectivity index (χ0v) is 14.3. The Hall–Kier alpha value is -3.10. The highest BCUT2D eigenvalue weighted by molar-refractivity contribution is 5.94. The zero-order chi connectivity index (χ0) is 20.1. The molecule has 27 heavy (non-hydrogen) atoms. The minimum Gasteiger partial charge on any atom is -0.481 e. The van der Waals surface area contributed by atoms with E-state index in [0.717, 1.165) is 12.3 Å². The first-order chi connectivity index (χ1) is 12.6. The highest BCUT2D eigenvalue weighted by Crippen LogP contribution is 2.23. The van der Waals surface area contributed by atoms with E-state index in [1.54, 1.807) is 30.3 Å². The Bertz CT molecular complexity index is 795. The number of halogens is 3. The molecule has 0 fully saturated rings. The van der Waals surface area contributed by atoms with Gasteiger partial charge in [-0.05, 0) is 18.6 Å².